The summed E-state index contributed by atoms with van der Waals surface area (Å²) in [7, 11) is 0. The minimum atomic E-state index is -0.139. The van der Waals surface area contributed by atoms with E-state index in [9.17, 15) is 9.59 Å². The topological polar surface area (TPSA) is 54.3 Å². The van der Waals surface area contributed by atoms with Gasteiger partial charge >= 0.3 is 0 Å². The van der Waals surface area contributed by atoms with Gasteiger partial charge in [-0.05, 0) is 79.8 Å². The SMILES string of the molecule is Cc1ccc(C(=O)Nc2ccc3c(c2)cc(C(=O)N2CCCC2)n3Cc2ccccc2)cc1C. The normalized spacial score (nSPS) is 13.4. The van der Waals surface area contributed by atoms with Crippen molar-refractivity contribution < 1.29 is 9.59 Å². The number of anilines is 1. The Morgan fingerprint density at radius 1 is 0.853 bits per heavy atom. The number of amides is 2. The lowest BCUT2D eigenvalue weighted by Gasteiger charge is -2.17. The highest BCUT2D eigenvalue weighted by Crippen LogP contribution is 2.27. The van der Waals surface area contributed by atoms with Crippen LogP contribution < -0.4 is 5.32 Å². The number of aromatic nitrogens is 1. The molecule has 172 valence electrons. The molecule has 5 heteroatoms. The van der Waals surface area contributed by atoms with Crippen LogP contribution in [0.1, 0.15) is 50.4 Å². The first-order valence-corrected chi connectivity index (χ1v) is 11.8. The highest BCUT2D eigenvalue weighted by atomic mass is 16.2. The summed E-state index contributed by atoms with van der Waals surface area (Å²) in [5.74, 6) is -0.0649. The molecule has 4 aromatic rings. The number of nitrogens with one attached hydrogen (secondary N) is 1. The van der Waals surface area contributed by atoms with E-state index >= 15 is 0 Å². The Balaban J connectivity index is 1.49. The van der Waals surface area contributed by atoms with Gasteiger partial charge in [-0.1, -0.05) is 36.4 Å². The molecule has 1 fully saturated rings. The van der Waals surface area contributed by atoms with Crippen molar-refractivity contribution >= 4 is 28.4 Å². The van der Waals surface area contributed by atoms with E-state index in [1.54, 1.807) is 0 Å². The van der Waals surface area contributed by atoms with E-state index < -0.39 is 0 Å². The molecule has 0 radical (unpaired) electrons. The Morgan fingerprint density at radius 2 is 1.62 bits per heavy atom. The van der Waals surface area contributed by atoms with Crippen LogP contribution in [0.25, 0.3) is 10.9 Å². The number of fused-ring (bicyclic) bond motifs is 1. The van der Waals surface area contributed by atoms with E-state index in [0.717, 1.165) is 53.5 Å². The molecule has 1 N–H and O–H groups in total. The van der Waals surface area contributed by atoms with Crippen LogP contribution in [-0.4, -0.2) is 34.4 Å². The molecule has 1 aliphatic heterocycles. The van der Waals surface area contributed by atoms with Gasteiger partial charge < -0.3 is 14.8 Å². The zero-order valence-corrected chi connectivity index (χ0v) is 19.7. The number of likely N-dealkylation sites (tertiary alicyclic amines) is 1. The summed E-state index contributed by atoms with van der Waals surface area (Å²) in [6.45, 7) is 6.28. The van der Waals surface area contributed by atoms with Gasteiger partial charge in [0.05, 0.1) is 0 Å². The van der Waals surface area contributed by atoms with Crippen molar-refractivity contribution in [1.29, 1.82) is 0 Å². The summed E-state index contributed by atoms with van der Waals surface area (Å²) in [5, 5.41) is 3.96. The van der Waals surface area contributed by atoms with Gasteiger partial charge in [0, 0.05) is 41.8 Å². The van der Waals surface area contributed by atoms with E-state index in [-0.39, 0.29) is 11.8 Å². The fourth-order valence-corrected chi connectivity index (χ4v) is 4.63. The van der Waals surface area contributed by atoms with Crippen LogP contribution in [0.2, 0.25) is 0 Å². The van der Waals surface area contributed by atoms with Crippen molar-refractivity contribution in [3.05, 3.63) is 101 Å². The predicted octanol–water partition coefficient (Wildman–Crippen LogP) is 5.79. The standard InChI is InChI=1S/C29H29N3O2/c1-20-10-11-23(16-21(20)2)28(33)30-25-12-13-26-24(17-25)18-27(29(34)31-14-6-7-15-31)32(26)19-22-8-4-3-5-9-22/h3-5,8-13,16-18H,6-7,14-15,19H2,1-2H3,(H,30,33). The van der Waals surface area contributed by atoms with Crippen molar-refractivity contribution in [2.75, 3.05) is 18.4 Å². The molecule has 0 atom stereocenters. The maximum atomic E-state index is 13.4. The molecule has 0 bridgehead atoms. The van der Waals surface area contributed by atoms with E-state index in [4.69, 9.17) is 0 Å². The molecule has 34 heavy (non-hydrogen) atoms. The number of carbonyl (C=O) groups is 2. The lowest BCUT2D eigenvalue weighted by Crippen LogP contribution is -2.29. The molecule has 2 heterocycles. The van der Waals surface area contributed by atoms with Crippen LogP contribution in [0.5, 0.6) is 0 Å². The summed E-state index contributed by atoms with van der Waals surface area (Å²) in [6.07, 6.45) is 2.11. The van der Waals surface area contributed by atoms with Crippen LogP contribution in [0.15, 0.2) is 72.8 Å². The van der Waals surface area contributed by atoms with Crippen LogP contribution in [0, 0.1) is 13.8 Å². The second-order valence-electron chi connectivity index (χ2n) is 9.13. The van der Waals surface area contributed by atoms with E-state index in [0.29, 0.717) is 23.5 Å². The largest absolute Gasteiger partial charge is 0.337 e. The Hall–Kier alpha value is -3.86. The quantitative estimate of drug-likeness (QED) is 0.417. The predicted molar refractivity (Wildman–Crippen MR) is 136 cm³/mol. The van der Waals surface area contributed by atoms with Crippen molar-refractivity contribution in [1.82, 2.24) is 9.47 Å². The lowest BCUT2D eigenvalue weighted by molar-refractivity contribution is 0.0783. The van der Waals surface area contributed by atoms with Crippen molar-refractivity contribution in [3.8, 4) is 0 Å². The molecule has 1 aromatic heterocycles. The molecule has 5 rings (SSSR count). The molecule has 2 amide bonds. The molecule has 0 spiro atoms. The fourth-order valence-electron chi connectivity index (χ4n) is 4.63. The monoisotopic (exact) mass is 451 g/mol. The zero-order chi connectivity index (χ0) is 23.7. The number of nitrogens with zero attached hydrogens (tertiary/aromatic N) is 2. The third-order valence-electron chi connectivity index (χ3n) is 6.72. The number of hydrogen-bond donors (Lipinski definition) is 1. The molecule has 3 aromatic carbocycles. The Bertz CT molecular complexity index is 1370. The summed E-state index contributed by atoms with van der Waals surface area (Å²) < 4.78 is 2.10. The average molecular weight is 452 g/mol. The highest BCUT2D eigenvalue weighted by Gasteiger charge is 2.24. The van der Waals surface area contributed by atoms with Crippen molar-refractivity contribution in [3.63, 3.8) is 0 Å². The second-order valence-corrected chi connectivity index (χ2v) is 9.13. The maximum absolute atomic E-state index is 13.4. The third-order valence-corrected chi connectivity index (χ3v) is 6.72. The number of rotatable bonds is 5. The van der Waals surface area contributed by atoms with E-state index in [1.165, 1.54) is 0 Å². The molecule has 0 aliphatic carbocycles. The lowest BCUT2D eigenvalue weighted by atomic mass is 10.1. The molecular formula is C29H29N3O2. The summed E-state index contributed by atoms with van der Waals surface area (Å²) in [6, 6.07) is 23.7. The Kier molecular flexibility index (Phi) is 5.93. The van der Waals surface area contributed by atoms with Gasteiger partial charge in [0.25, 0.3) is 11.8 Å². The van der Waals surface area contributed by atoms with Gasteiger partial charge in [-0.2, -0.15) is 0 Å². The number of carbonyl (C=O) groups excluding carboxylic acids is 2. The number of benzene rings is 3. The molecule has 0 saturated carbocycles. The molecule has 1 aliphatic rings. The fraction of sp³-hybridized carbons (Fsp3) is 0.241. The van der Waals surface area contributed by atoms with Crippen molar-refractivity contribution in [2.45, 2.75) is 33.2 Å². The number of hydrogen-bond acceptors (Lipinski definition) is 2. The van der Waals surface area contributed by atoms with Gasteiger partial charge in [-0.15, -0.1) is 0 Å². The first kappa shape index (κ1) is 22.0. The summed E-state index contributed by atoms with van der Waals surface area (Å²) in [5.41, 5.74) is 6.41. The smallest absolute Gasteiger partial charge is 0.270 e. The van der Waals surface area contributed by atoms with Crippen LogP contribution >= 0.6 is 0 Å². The van der Waals surface area contributed by atoms with Gasteiger partial charge in [-0.25, -0.2) is 0 Å². The molecule has 5 nitrogen and oxygen atoms in total. The molecule has 0 unspecified atom stereocenters. The first-order valence-electron chi connectivity index (χ1n) is 11.8. The average Bonchev–Trinajstić information content (AvgIpc) is 3.50. The zero-order valence-electron chi connectivity index (χ0n) is 19.7. The minimum Gasteiger partial charge on any atom is -0.337 e. The molecule has 1 saturated heterocycles. The Morgan fingerprint density at radius 3 is 2.35 bits per heavy atom. The first-order chi connectivity index (χ1) is 16.5. The Labute approximate surface area is 200 Å². The van der Waals surface area contributed by atoms with E-state index in [1.807, 2.05) is 79.4 Å². The van der Waals surface area contributed by atoms with Crippen LogP contribution in [-0.2, 0) is 6.54 Å². The van der Waals surface area contributed by atoms with Gasteiger partial charge in [0.2, 0.25) is 0 Å². The minimum absolute atomic E-state index is 0.0744. The van der Waals surface area contributed by atoms with Crippen molar-refractivity contribution in [2.24, 2.45) is 0 Å². The second kappa shape index (κ2) is 9.18. The van der Waals surface area contributed by atoms with E-state index in [2.05, 4.69) is 22.0 Å². The van der Waals surface area contributed by atoms with Crippen LogP contribution in [0.3, 0.4) is 0 Å². The third kappa shape index (κ3) is 4.34. The maximum Gasteiger partial charge on any atom is 0.270 e. The van der Waals surface area contributed by atoms with Gasteiger partial charge in [0.1, 0.15) is 5.69 Å². The molecular weight excluding hydrogens is 422 g/mol. The highest BCUT2D eigenvalue weighted by molar-refractivity contribution is 6.06. The van der Waals surface area contributed by atoms with Gasteiger partial charge in [-0.3, -0.25) is 9.59 Å². The summed E-state index contributed by atoms with van der Waals surface area (Å²) in [4.78, 5) is 28.1. The number of aryl methyl sites for hydroxylation is 2. The summed E-state index contributed by atoms with van der Waals surface area (Å²) >= 11 is 0. The van der Waals surface area contributed by atoms with Crippen LogP contribution in [0.4, 0.5) is 5.69 Å². The van der Waals surface area contributed by atoms with Gasteiger partial charge in [0.15, 0.2) is 0 Å².